The van der Waals surface area contributed by atoms with Crippen molar-refractivity contribution in [3.05, 3.63) is 228 Å². The van der Waals surface area contributed by atoms with Crippen molar-refractivity contribution in [3.63, 3.8) is 0 Å². The Bertz CT molecular complexity index is 3500. The fourth-order valence-corrected chi connectivity index (χ4v) is 7.19. The standard InChI is InChI=1S/C31H28O5.C16H18O2.C15H12O4.CH3ClO2S.CH4/c1-4-8-25-19-27(34-20-22-9-6-5-7-10-22)15-16-29(25)36-31(33)26-12-11-24-18-28(14-13-23(24)17-26)35-30(32)21(2)3;1-2-6-14-11-15(9-10-16(14)17)18-12-13-7-4-3-5-8-13;1-9(2)15(18)19-13-6-5-10-7-12(14(16)17)4-3-11(10)8-13;1-5(2,3)4;/h5-7,9-19H,2,4,8,20H2,1,3H3;3-5,7-11,17H,2,6,12H2,1H3;3-8H,1H2,2H3,(H,16,17);1H3;1H4. The van der Waals surface area contributed by atoms with Gasteiger partial charge in [-0.05, 0) is 155 Å². The van der Waals surface area contributed by atoms with E-state index in [-0.39, 0.29) is 13.0 Å². The molecule has 13 nitrogen and oxygen atoms in total. The van der Waals surface area contributed by atoms with Crippen molar-refractivity contribution in [3.8, 4) is 34.5 Å². The molecule has 0 spiro atoms. The van der Waals surface area contributed by atoms with Gasteiger partial charge in [-0.1, -0.05) is 132 Å². The van der Waals surface area contributed by atoms with E-state index in [0.717, 1.165) is 87.2 Å². The summed E-state index contributed by atoms with van der Waals surface area (Å²) >= 11 is 0. The summed E-state index contributed by atoms with van der Waals surface area (Å²) in [7, 11) is 1.31. The molecule has 79 heavy (non-hydrogen) atoms. The largest absolute Gasteiger partial charge is 0.508 e. The van der Waals surface area contributed by atoms with Gasteiger partial charge in [-0.25, -0.2) is 27.6 Å². The molecule has 0 fully saturated rings. The van der Waals surface area contributed by atoms with Crippen LogP contribution < -0.4 is 23.7 Å². The van der Waals surface area contributed by atoms with Crippen molar-refractivity contribution < 1.29 is 61.5 Å². The van der Waals surface area contributed by atoms with Crippen LogP contribution >= 0.6 is 10.7 Å². The summed E-state index contributed by atoms with van der Waals surface area (Å²) in [5, 5.41) is 21.8. The van der Waals surface area contributed by atoms with Gasteiger partial charge in [0.15, 0.2) is 0 Å². The Kier molecular flexibility index (Phi) is 24.6. The number of aromatic hydroxyl groups is 1. The van der Waals surface area contributed by atoms with E-state index in [1.54, 1.807) is 98.8 Å². The van der Waals surface area contributed by atoms with Gasteiger partial charge in [0.1, 0.15) is 47.7 Å². The highest BCUT2D eigenvalue weighted by Crippen LogP contribution is 2.30. The molecule has 8 aromatic rings. The van der Waals surface area contributed by atoms with Crippen LogP contribution in [0.25, 0.3) is 21.5 Å². The number of ether oxygens (including phenoxy) is 5. The van der Waals surface area contributed by atoms with E-state index < -0.39 is 32.9 Å². The molecule has 0 aliphatic rings. The van der Waals surface area contributed by atoms with E-state index in [1.165, 1.54) is 6.07 Å². The Morgan fingerprint density at radius 1 is 0.519 bits per heavy atom. The van der Waals surface area contributed by atoms with Crippen LogP contribution in [-0.4, -0.2) is 48.8 Å². The average Bonchev–Trinajstić information content (AvgIpc) is 3.47. The summed E-state index contributed by atoms with van der Waals surface area (Å²) in [6.07, 6.45) is 4.47. The molecule has 0 unspecified atom stereocenters. The molecule has 0 atom stereocenters. The first-order valence-corrected chi connectivity index (χ1v) is 27.4. The van der Waals surface area contributed by atoms with Crippen LogP contribution in [0.4, 0.5) is 0 Å². The molecule has 8 rings (SSSR count). The lowest BCUT2D eigenvalue weighted by molar-refractivity contribution is -0.130. The Morgan fingerprint density at radius 3 is 1.37 bits per heavy atom. The molecule has 0 aliphatic heterocycles. The summed E-state index contributed by atoms with van der Waals surface area (Å²) in [4.78, 5) is 47.0. The van der Waals surface area contributed by atoms with Crippen molar-refractivity contribution in [2.75, 3.05) is 6.26 Å². The molecule has 8 aromatic carbocycles. The number of carboxylic acids is 1. The maximum atomic E-state index is 13.0. The van der Waals surface area contributed by atoms with Crippen LogP contribution in [0, 0.1) is 0 Å². The number of hydrogen-bond donors (Lipinski definition) is 2. The van der Waals surface area contributed by atoms with Crippen LogP contribution in [0.1, 0.15) is 90.9 Å². The molecular formula is C64H65ClO13S. The maximum Gasteiger partial charge on any atom is 0.343 e. The first-order valence-electron chi connectivity index (χ1n) is 24.7. The number of benzene rings is 8. The number of aromatic carboxylic acids is 1. The lowest BCUT2D eigenvalue weighted by Gasteiger charge is -2.13. The molecule has 0 saturated heterocycles. The molecule has 412 valence electrons. The molecule has 0 aliphatic carbocycles. The molecule has 0 heterocycles. The van der Waals surface area contributed by atoms with Gasteiger partial charge in [0.25, 0.3) is 0 Å². The van der Waals surface area contributed by atoms with E-state index in [0.29, 0.717) is 52.9 Å². The highest BCUT2D eigenvalue weighted by Gasteiger charge is 2.15. The number of rotatable bonds is 17. The average molecular weight is 1110 g/mol. The lowest BCUT2D eigenvalue weighted by atomic mass is 10.1. The quantitative estimate of drug-likeness (QED) is 0.0380. The smallest absolute Gasteiger partial charge is 0.343 e. The molecule has 2 N–H and O–H groups in total. The molecular weight excluding hydrogens is 1040 g/mol. The molecule has 0 saturated carbocycles. The molecule has 0 amide bonds. The maximum absolute atomic E-state index is 13.0. The fraction of sp³-hybridized carbons (Fsp3) is 0.188. The predicted octanol–water partition coefficient (Wildman–Crippen LogP) is 14.8. The second-order valence-electron chi connectivity index (χ2n) is 17.8. The van der Waals surface area contributed by atoms with Crippen molar-refractivity contribution in [2.45, 2.75) is 74.0 Å². The third kappa shape index (κ3) is 21.3. The number of hydrogen-bond acceptors (Lipinski definition) is 12. The van der Waals surface area contributed by atoms with Gasteiger partial charge in [0.05, 0.1) is 17.4 Å². The summed E-state index contributed by atoms with van der Waals surface area (Å²) in [6, 6.07) is 51.3. The summed E-state index contributed by atoms with van der Waals surface area (Å²) in [6.45, 7) is 15.5. The first kappa shape index (κ1) is 62.8. The second kappa shape index (κ2) is 30.9. The van der Waals surface area contributed by atoms with Gasteiger partial charge < -0.3 is 33.9 Å². The van der Waals surface area contributed by atoms with E-state index >= 15 is 0 Å². The number of phenols is 1. The van der Waals surface area contributed by atoms with Gasteiger partial charge in [0.2, 0.25) is 9.05 Å². The third-order valence-electron chi connectivity index (χ3n) is 11.0. The minimum Gasteiger partial charge on any atom is -0.508 e. The minimum atomic E-state index is -3.19. The Balaban J connectivity index is 0.000000263. The van der Waals surface area contributed by atoms with Crippen LogP contribution in [0.5, 0.6) is 34.5 Å². The van der Waals surface area contributed by atoms with Gasteiger partial charge in [-0.15, -0.1) is 0 Å². The number of carboxylic acid groups (broad SMARTS) is 1. The monoisotopic (exact) mass is 1110 g/mol. The van der Waals surface area contributed by atoms with Crippen LogP contribution in [0.15, 0.2) is 194 Å². The van der Waals surface area contributed by atoms with E-state index in [2.05, 4.69) is 37.7 Å². The van der Waals surface area contributed by atoms with Gasteiger partial charge in [-0.2, -0.15) is 0 Å². The van der Waals surface area contributed by atoms with Crippen LogP contribution in [0.3, 0.4) is 0 Å². The number of carbonyl (C=O) groups excluding carboxylic acids is 3. The van der Waals surface area contributed by atoms with E-state index in [1.807, 2.05) is 78.9 Å². The van der Waals surface area contributed by atoms with E-state index in [4.69, 9.17) is 28.8 Å². The lowest BCUT2D eigenvalue weighted by Crippen LogP contribution is -2.10. The highest BCUT2D eigenvalue weighted by molar-refractivity contribution is 8.13. The Morgan fingerprint density at radius 2 is 0.911 bits per heavy atom. The molecule has 0 radical (unpaired) electrons. The van der Waals surface area contributed by atoms with Crippen molar-refractivity contribution in [2.24, 2.45) is 0 Å². The number of esters is 3. The minimum absolute atomic E-state index is 0. The van der Waals surface area contributed by atoms with E-state index in [9.17, 15) is 32.7 Å². The summed E-state index contributed by atoms with van der Waals surface area (Å²) < 4.78 is 46.6. The summed E-state index contributed by atoms with van der Waals surface area (Å²) in [5.74, 6) is 0.865. The topological polar surface area (TPSA) is 189 Å². The predicted molar refractivity (Wildman–Crippen MR) is 312 cm³/mol. The highest BCUT2D eigenvalue weighted by atomic mass is 35.7. The number of aryl methyl sites for hydroxylation is 2. The Hall–Kier alpha value is -8.72. The normalized spacial score (nSPS) is 10.4. The summed E-state index contributed by atoms with van der Waals surface area (Å²) in [5.41, 5.74) is 5.39. The zero-order valence-electron chi connectivity index (χ0n) is 44.0. The molecule has 0 bridgehead atoms. The van der Waals surface area contributed by atoms with Crippen LogP contribution in [0.2, 0.25) is 0 Å². The molecule has 15 heteroatoms. The van der Waals surface area contributed by atoms with Crippen molar-refractivity contribution in [1.82, 2.24) is 0 Å². The zero-order valence-corrected chi connectivity index (χ0v) is 45.6. The van der Waals surface area contributed by atoms with Gasteiger partial charge in [0, 0.05) is 21.8 Å². The van der Waals surface area contributed by atoms with Crippen molar-refractivity contribution in [1.29, 1.82) is 0 Å². The number of fused-ring (bicyclic) bond motifs is 2. The number of halogens is 1. The van der Waals surface area contributed by atoms with Gasteiger partial charge in [-0.3, -0.25) is 0 Å². The first-order chi connectivity index (χ1) is 37.2. The van der Waals surface area contributed by atoms with Gasteiger partial charge >= 0.3 is 23.9 Å². The van der Waals surface area contributed by atoms with Crippen molar-refractivity contribution >= 4 is 65.2 Å². The number of carbonyl (C=O) groups is 4. The number of phenolic OH excluding ortho intramolecular Hbond substituents is 1. The Labute approximate surface area is 466 Å². The second-order valence-corrected chi connectivity index (χ2v) is 20.8. The molecule has 0 aromatic heterocycles. The zero-order chi connectivity index (χ0) is 56.8. The fourth-order valence-electron chi connectivity index (χ4n) is 7.19. The third-order valence-corrected chi connectivity index (χ3v) is 11.0. The van der Waals surface area contributed by atoms with Crippen LogP contribution in [-0.2, 0) is 44.7 Å². The SMILES string of the molecule is C.C=C(C)C(=O)Oc1ccc2cc(C(=O)O)ccc2c1.C=C(C)C(=O)Oc1ccc2cc(C(=O)Oc3ccc(OCc4ccccc4)cc3CCC)ccc2c1.CCCc1cc(OCc2ccccc2)ccc1O.CS(=O)(=O)Cl.